The third kappa shape index (κ3) is 3.54. The number of aliphatic carboxylic acids is 1. The summed E-state index contributed by atoms with van der Waals surface area (Å²) in [6.07, 6.45) is 4.15. The van der Waals surface area contributed by atoms with Gasteiger partial charge in [-0.1, -0.05) is 6.92 Å². The summed E-state index contributed by atoms with van der Waals surface area (Å²) in [6.45, 7) is 3.48. The lowest BCUT2D eigenvalue weighted by molar-refractivity contribution is -0.149. The molecular weight excluding hydrogens is 272 g/mol. The molecule has 21 heavy (non-hydrogen) atoms. The first-order valence-corrected chi connectivity index (χ1v) is 7.85. The van der Waals surface area contributed by atoms with Crippen molar-refractivity contribution in [3.8, 4) is 0 Å². The summed E-state index contributed by atoms with van der Waals surface area (Å²) in [5.41, 5.74) is 0. The van der Waals surface area contributed by atoms with Crippen LogP contribution in [0.15, 0.2) is 0 Å². The molecule has 6 heteroatoms. The van der Waals surface area contributed by atoms with Crippen LogP contribution in [0.2, 0.25) is 0 Å². The van der Waals surface area contributed by atoms with Crippen LogP contribution < -0.4 is 0 Å². The molecule has 0 aromatic heterocycles. The topological polar surface area (TPSA) is 77.9 Å². The van der Waals surface area contributed by atoms with E-state index in [0.717, 1.165) is 19.3 Å². The van der Waals surface area contributed by atoms with Gasteiger partial charge in [0.15, 0.2) is 0 Å². The lowest BCUT2D eigenvalue weighted by atomic mass is 9.97. The minimum atomic E-state index is -0.835. The van der Waals surface area contributed by atoms with Gasteiger partial charge in [-0.15, -0.1) is 0 Å². The zero-order chi connectivity index (χ0) is 15.4. The summed E-state index contributed by atoms with van der Waals surface area (Å²) < 4.78 is 0. The molecule has 2 fully saturated rings. The Hall–Kier alpha value is -1.59. The van der Waals surface area contributed by atoms with Crippen LogP contribution in [0.4, 0.5) is 0 Å². The Morgan fingerprint density at radius 3 is 2.52 bits per heavy atom. The highest BCUT2D eigenvalue weighted by molar-refractivity contribution is 5.88. The molecule has 2 atom stereocenters. The van der Waals surface area contributed by atoms with Crippen molar-refractivity contribution in [1.29, 1.82) is 0 Å². The van der Waals surface area contributed by atoms with Gasteiger partial charge in [0.05, 0.1) is 5.92 Å². The Kier molecular flexibility index (Phi) is 5.20. The number of carbonyl (C=O) groups is 3. The molecule has 2 aliphatic heterocycles. The van der Waals surface area contributed by atoms with Crippen molar-refractivity contribution in [2.75, 3.05) is 19.6 Å². The Morgan fingerprint density at radius 1 is 1.14 bits per heavy atom. The third-order valence-electron chi connectivity index (χ3n) is 4.40. The maximum atomic E-state index is 12.6. The van der Waals surface area contributed by atoms with Crippen LogP contribution in [0.3, 0.4) is 0 Å². The quantitative estimate of drug-likeness (QED) is 0.842. The van der Waals surface area contributed by atoms with Crippen molar-refractivity contribution in [2.45, 2.75) is 51.5 Å². The Morgan fingerprint density at radius 2 is 1.86 bits per heavy atom. The van der Waals surface area contributed by atoms with Gasteiger partial charge in [0, 0.05) is 26.1 Å². The molecule has 6 nitrogen and oxygen atoms in total. The number of nitrogens with zero attached hydrogens (tertiary/aromatic N) is 2. The minimum Gasteiger partial charge on any atom is -0.481 e. The summed E-state index contributed by atoms with van der Waals surface area (Å²) in [5.74, 6) is -1.33. The summed E-state index contributed by atoms with van der Waals surface area (Å²) in [4.78, 5) is 39.1. The van der Waals surface area contributed by atoms with E-state index in [-0.39, 0.29) is 24.4 Å². The highest BCUT2D eigenvalue weighted by Crippen LogP contribution is 2.24. The minimum absolute atomic E-state index is 0.0418. The number of carbonyl (C=O) groups excluding carboxylic acids is 2. The van der Waals surface area contributed by atoms with Gasteiger partial charge in [-0.3, -0.25) is 14.4 Å². The largest absolute Gasteiger partial charge is 0.481 e. The summed E-state index contributed by atoms with van der Waals surface area (Å²) >= 11 is 0. The molecule has 0 aromatic carbocycles. The normalized spacial score (nSPS) is 26.0. The second kappa shape index (κ2) is 6.91. The molecule has 2 rings (SSSR count). The van der Waals surface area contributed by atoms with E-state index in [2.05, 4.69) is 0 Å². The van der Waals surface area contributed by atoms with Crippen LogP contribution in [0, 0.1) is 5.92 Å². The molecule has 2 heterocycles. The predicted molar refractivity (Wildman–Crippen MR) is 76.6 cm³/mol. The lowest BCUT2D eigenvalue weighted by Crippen LogP contribution is -2.51. The van der Waals surface area contributed by atoms with Crippen LogP contribution in [-0.4, -0.2) is 58.4 Å². The highest BCUT2D eigenvalue weighted by Gasteiger charge is 2.38. The third-order valence-corrected chi connectivity index (χ3v) is 4.40. The summed E-state index contributed by atoms with van der Waals surface area (Å²) in [7, 11) is 0. The van der Waals surface area contributed by atoms with E-state index in [9.17, 15) is 14.4 Å². The van der Waals surface area contributed by atoms with E-state index in [0.29, 0.717) is 32.4 Å². The number of likely N-dealkylation sites (tertiary alicyclic amines) is 2. The van der Waals surface area contributed by atoms with Gasteiger partial charge in [-0.05, 0) is 32.1 Å². The average Bonchev–Trinajstić information content (AvgIpc) is 2.96. The Bertz CT molecular complexity index is 424. The maximum Gasteiger partial charge on any atom is 0.308 e. The molecule has 1 N–H and O–H groups in total. The van der Waals surface area contributed by atoms with Gasteiger partial charge in [0.25, 0.3) is 0 Å². The second-order valence-electron chi connectivity index (χ2n) is 5.96. The van der Waals surface area contributed by atoms with Gasteiger partial charge in [-0.25, -0.2) is 0 Å². The predicted octanol–water partition coefficient (Wildman–Crippen LogP) is 1.10. The molecule has 0 aromatic rings. The standard InChI is InChI=1S/C15H24N2O4/c1-2-5-13(18)17-9-4-7-12(17)14(19)16-8-3-6-11(10-16)15(20)21/h11-12H,2-10H2,1H3,(H,20,21)/t11-,12-/m1/s1. The molecule has 118 valence electrons. The number of hydrogen-bond acceptors (Lipinski definition) is 3. The van der Waals surface area contributed by atoms with Gasteiger partial charge >= 0.3 is 5.97 Å². The molecule has 0 aliphatic carbocycles. The van der Waals surface area contributed by atoms with E-state index >= 15 is 0 Å². The molecule has 2 aliphatic rings. The van der Waals surface area contributed by atoms with Crippen molar-refractivity contribution in [1.82, 2.24) is 9.80 Å². The fourth-order valence-electron chi connectivity index (χ4n) is 3.27. The SMILES string of the molecule is CCCC(=O)N1CCC[C@@H]1C(=O)N1CCC[C@@H](C(=O)O)C1. The average molecular weight is 296 g/mol. The Balaban J connectivity index is 2.01. The first-order chi connectivity index (χ1) is 10.0. The second-order valence-corrected chi connectivity index (χ2v) is 5.96. The molecule has 2 saturated heterocycles. The van der Waals surface area contributed by atoms with Crippen LogP contribution in [0.1, 0.15) is 45.4 Å². The molecule has 2 amide bonds. The van der Waals surface area contributed by atoms with E-state index in [1.165, 1.54) is 0 Å². The highest BCUT2D eigenvalue weighted by atomic mass is 16.4. The van der Waals surface area contributed by atoms with Gasteiger partial charge in [-0.2, -0.15) is 0 Å². The fraction of sp³-hybridized carbons (Fsp3) is 0.800. The summed E-state index contributed by atoms with van der Waals surface area (Å²) in [6, 6.07) is -0.378. The Labute approximate surface area is 125 Å². The van der Waals surface area contributed by atoms with Gasteiger partial charge in [0.2, 0.25) is 11.8 Å². The smallest absolute Gasteiger partial charge is 0.308 e. The molecular formula is C15H24N2O4. The lowest BCUT2D eigenvalue weighted by Gasteiger charge is -2.34. The van der Waals surface area contributed by atoms with Gasteiger partial charge in [0.1, 0.15) is 6.04 Å². The summed E-state index contributed by atoms with van der Waals surface area (Å²) in [5, 5.41) is 9.11. The molecule has 0 radical (unpaired) electrons. The number of hydrogen-bond donors (Lipinski definition) is 1. The van der Waals surface area contributed by atoms with Crippen molar-refractivity contribution in [3.63, 3.8) is 0 Å². The number of piperidine rings is 1. The van der Waals surface area contributed by atoms with Crippen LogP contribution in [0.25, 0.3) is 0 Å². The zero-order valence-electron chi connectivity index (χ0n) is 12.6. The van der Waals surface area contributed by atoms with Crippen molar-refractivity contribution in [2.24, 2.45) is 5.92 Å². The molecule has 0 saturated carbocycles. The number of carboxylic acid groups (broad SMARTS) is 1. The van der Waals surface area contributed by atoms with Crippen molar-refractivity contribution >= 4 is 17.8 Å². The molecule has 0 spiro atoms. The maximum absolute atomic E-state index is 12.6. The number of rotatable bonds is 4. The van der Waals surface area contributed by atoms with E-state index < -0.39 is 11.9 Å². The first kappa shape index (κ1) is 15.8. The van der Waals surface area contributed by atoms with Crippen LogP contribution in [0.5, 0.6) is 0 Å². The van der Waals surface area contributed by atoms with Crippen LogP contribution >= 0.6 is 0 Å². The number of carboxylic acids is 1. The first-order valence-electron chi connectivity index (χ1n) is 7.85. The van der Waals surface area contributed by atoms with E-state index in [1.807, 2.05) is 6.92 Å². The number of amides is 2. The van der Waals surface area contributed by atoms with E-state index in [1.54, 1.807) is 9.80 Å². The van der Waals surface area contributed by atoms with Crippen molar-refractivity contribution in [3.05, 3.63) is 0 Å². The monoisotopic (exact) mass is 296 g/mol. The zero-order valence-corrected chi connectivity index (χ0v) is 12.6. The molecule has 0 bridgehead atoms. The molecule has 0 unspecified atom stereocenters. The fourth-order valence-corrected chi connectivity index (χ4v) is 3.27. The van der Waals surface area contributed by atoms with Crippen LogP contribution in [-0.2, 0) is 14.4 Å². The van der Waals surface area contributed by atoms with E-state index in [4.69, 9.17) is 5.11 Å². The van der Waals surface area contributed by atoms with Gasteiger partial charge < -0.3 is 14.9 Å². The van der Waals surface area contributed by atoms with Crippen molar-refractivity contribution < 1.29 is 19.5 Å².